The molecule has 1 aliphatic heterocycles. The van der Waals surface area contributed by atoms with E-state index in [0.29, 0.717) is 34.9 Å². The van der Waals surface area contributed by atoms with Gasteiger partial charge in [-0.2, -0.15) is 5.10 Å². The summed E-state index contributed by atoms with van der Waals surface area (Å²) in [4.78, 5) is 29.6. The summed E-state index contributed by atoms with van der Waals surface area (Å²) >= 11 is 6.06. The number of ketones is 1. The monoisotopic (exact) mass is 464 g/mol. The molecular formula is C25H25ClN4O3. The van der Waals surface area contributed by atoms with Crippen LogP contribution in [-0.4, -0.2) is 63.6 Å². The Hall–Kier alpha value is -3.42. The van der Waals surface area contributed by atoms with E-state index in [1.807, 2.05) is 56.3 Å². The molecule has 1 fully saturated rings. The molecule has 1 N–H and O–H groups in total. The lowest BCUT2D eigenvalue weighted by Crippen LogP contribution is -2.35. The summed E-state index contributed by atoms with van der Waals surface area (Å²) in [5.74, 6) is -1.58. The summed E-state index contributed by atoms with van der Waals surface area (Å²) in [5, 5.41) is 16.3. The van der Waals surface area contributed by atoms with Crippen LogP contribution in [0, 0.1) is 6.92 Å². The normalized spacial score (nSPS) is 17.8. The van der Waals surface area contributed by atoms with Crippen molar-refractivity contribution in [3.8, 4) is 5.69 Å². The number of carbonyl (C=O) groups is 2. The maximum Gasteiger partial charge on any atom is 0.295 e. The lowest BCUT2D eigenvalue weighted by molar-refractivity contribution is -0.140. The summed E-state index contributed by atoms with van der Waals surface area (Å²) < 4.78 is 1.69. The van der Waals surface area contributed by atoms with Gasteiger partial charge in [0.25, 0.3) is 11.7 Å². The van der Waals surface area contributed by atoms with E-state index in [-0.39, 0.29) is 11.3 Å². The molecule has 1 aliphatic rings. The van der Waals surface area contributed by atoms with Gasteiger partial charge in [-0.1, -0.05) is 41.9 Å². The largest absolute Gasteiger partial charge is 0.507 e. The van der Waals surface area contributed by atoms with Crippen molar-refractivity contribution in [2.45, 2.75) is 13.0 Å². The zero-order chi connectivity index (χ0) is 23.7. The molecule has 0 spiro atoms. The highest BCUT2D eigenvalue weighted by atomic mass is 35.5. The van der Waals surface area contributed by atoms with E-state index in [2.05, 4.69) is 5.10 Å². The summed E-state index contributed by atoms with van der Waals surface area (Å²) in [6.07, 6.45) is 1.52. The topological polar surface area (TPSA) is 78.7 Å². The first-order valence-electron chi connectivity index (χ1n) is 10.6. The van der Waals surface area contributed by atoms with Gasteiger partial charge in [-0.15, -0.1) is 0 Å². The number of benzene rings is 2. The molecule has 33 heavy (non-hydrogen) atoms. The van der Waals surface area contributed by atoms with Crippen molar-refractivity contribution in [1.82, 2.24) is 19.6 Å². The van der Waals surface area contributed by atoms with Gasteiger partial charge >= 0.3 is 0 Å². The Bertz CT molecular complexity index is 1220. The Morgan fingerprint density at radius 3 is 2.39 bits per heavy atom. The third-order valence-corrected chi connectivity index (χ3v) is 6.03. The predicted molar refractivity (Wildman–Crippen MR) is 127 cm³/mol. The number of nitrogens with zero attached hydrogens (tertiary/aromatic N) is 4. The number of para-hydroxylation sites is 1. The van der Waals surface area contributed by atoms with Gasteiger partial charge in [0.2, 0.25) is 0 Å². The lowest BCUT2D eigenvalue weighted by Gasteiger charge is -2.26. The number of likely N-dealkylation sites (tertiary alicyclic amines) is 1. The smallest absolute Gasteiger partial charge is 0.295 e. The fraction of sp³-hybridized carbons (Fsp3) is 0.240. The number of Topliss-reactive ketones (excluding diaryl/α,β-unsaturated/α-hetero) is 1. The van der Waals surface area contributed by atoms with Gasteiger partial charge in [0.15, 0.2) is 0 Å². The summed E-state index contributed by atoms with van der Waals surface area (Å²) in [5.41, 5.74) is 2.65. The molecule has 0 bridgehead atoms. The molecule has 1 aromatic heterocycles. The minimum Gasteiger partial charge on any atom is -0.507 e. The van der Waals surface area contributed by atoms with E-state index >= 15 is 0 Å². The van der Waals surface area contributed by atoms with E-state index in [0.717, 1.165) is 5.69 Å². The van der Waals surface area contributed by atoms with Gasteiger partial charge in [0.05, 0.1) is 34.8 Å². The van der Waals surface area contributed by atoms with Crippen molar-refractivity contribution in [1.29, 1.82) is 0 Å². The Kier molecular flexibility index (Phi) is 6.35. The SMILES string of the molecule is Cc1c(C(O)=C2C(=O)C(=O)N(CCN(C)C)[C@@H]2c2ccc(Cl)cc2)cnn1-c1ccccc1. The standard InChI is InChI=1S/C25H25ClN4O3/c1-16-20(15-27-30(16)19-7-5-4-6-8-19)23(31)21-22(17-9-11-18(26)12-10-17)29(14-13-28(2)3)25(33)24(21)32/h4-12,15,22,31H,13-14H2,1-3H3/t22-/m1/s1. The first kappa shape index (κ1) is 22.8. The Morgan fingerprint density at radius 1 is 1.09 bits per heavy atom. The van der Waals surface area contributed by atoms with Crippen molar-refractivity contribution in [3.05, 3.63) is 88.2 Å². The second kappa shape index (κ2) is 9.21. The molecular weight excluding hydrogens is 440 g/mol. The third kappa shape index (κ3) is 4.29. The number of aromatic nitrogens is 2. The number of likely N-dealkylation sites (N-methyl/N-ethyl adjacent to an activating group) is 1. The highest BCUT2D eigenvalue weighted by Gasteiger charge is 2.46. The second-order valence-electron chi connectivity index (χ2n) is 8.24. The second-order valence-corrected chi connectivity index (χ2v) is 8.67. The van der Waals surface area contributed by atoms with Gasteiger partial charge < -0.3 is 14.9 Å². The summed E-state index contributed by atoms with van der Waals surface area (Å²) in [7, 11) is 3.80. The quantitative estimate of drug-likeness (QED) is 0.341. The third-order valence-electron chi connectivity index (χ3n) is 5.78. The van der Waals surface area contributed by atoms with Gasteiger partial charge in [-0.3, -0.25) is 9.59 Å². The highest BCUT2D eigenvalue weighted by molar-refractivity contribution is 6.46. The Morgan fingerprint density at radius 2 is 1.76 bits per heavy atom. The molecule has 0 saturated carbocycles. The van der Waals surface area contributed by atoms with Crippen LogP contribution < -0.4 is 0 Å². The number of hydrogen-bond acceptors (Lipinski definition) is 5. The van der Waals surface area contributed by atoms with Gasteiger partial charge in [0, 0.05) is 18.1 Å². The minimum atomic E-state index is -0.721. The molecule has 7 nitrogen and oxygen atoms in total. The van der Waals surface area contributed by atoms with Crippen LogP contribution in [0.5, 0.6) is 0 Å². The molecule has 1 saturated heterocycles. The molecule has 2 heterocycles. The number of aliphatic hydroxyl groups is 1. The lowest BCUT2D eigenvalue weighted by atomic mass is 9.95. The highest BCUT2D eigenvalue weighted by Crippen LogP contribution is 2.40. The van der Waals surface area contributed by atoms with E-state index in [4.69, 9.17) is 11.6 Å². The number of aliphatic hydroxyl groups excluding tert-OH is 1. The van der Waals surface area contributed by atoms with Crippen LogP contribution in [0.15, 0.2) is 66.4 Å². The maximum atomic E-state index is 13.1. The Labute approximate surface area is 197 Å². The van der Waals surface area contributed by atoms with Gasteiger partial charge in [-0.05, 0) is 50.8 Å². The first-order valence-corrected chi connectivity index (χ1v) is 11.0. The minimum absolute atomic E-state index is 0.0526. The zero-order valence-corrected chi connectivity index (χ0v) is 19.5. The van der Waals surface area contributed by atoms with Crippen LogP contribution in [0.25, 0.3) is 11.4 Å². The van der Waals surface area contributed by atoms with E-state index < -0.39 is 17.7 Å². The zero-order valence-electron chi connectivity index (χ0n) is 18.7. The van der Waals surface area contributed by atoms with Gasteiger partial charge in [-0.25, -0.2) is 4.68 Å². The average molecular weight is 465 g/mol. The van der Waals surface area contributed by atoms with Crippen molar-refractivity contribution < 1.29 is 14.7 Å². The molecule has 8 heteroatoms. The van der Waals surface area contributed by atoms with Crippen molar-refractivity contribution in [2.75, 3.05) is 27.2 Å². The molecule has 0 unspecified atom stereocenters. The summed E-state index contributed by atoms with van der Waals surface area (Å²) in [6, 6.07) is 15.7. The Balaban J connectivity index is 1.84. The number of hydrogen-bond donors (Lipinski definition) is 1. The van der Waals surface area contributed by atoms with Crippen LogP contribution in [-0.2, 0) is 9.59 Å². The number of amides is 1. The molecule has 0 aliphatic carbocycles. The molecule has 1 amide bonds. The number of carbonyl (C=O) groups excluding carboxylic acids is 2. The van der Waals surface area contributed by atoms with E-state index in [1.165, 1.54) is 11.1 Å². The summed E-state index contributed by atoms with van der Waals surface area (Å²) in [6.45, 7) is 2.72. The first-order chi connectivity index (χ1) is 15.8. The predicted octanol–water partition coefficient (Wildman–Crippen LogP) is 3.82. The van der Waals surface area contributed by atoms with Crippen LogP contribution in [0.3, 0.4) is 0 Å². The molecule has 2 aromatic carbocycles. The van der Waals surface area contributed by atoms with Crippen LogP contribution in [0.1, 0.15) is 22.9 Å². The molecule has 0 radical (unpaired) electrons. The number of rotatable bonds is 6. The van der Waals surface area contributed by atoms with E-state index in [1.54, 1.807) is 28.9 Å². The molecule has 170 valence electrons. The fourth-order valence-corrected chi connectivity index (χ4v) is 4.15. The average Bonchev–Trinajstić information content (AvgIpc) is 3.30. The van der Waals surface area contributed by atoms with Crippen molar-refractivity contribution in [3.63, 3.8) is 0 Å². The molecule has 3 aromatic rings. The van der Waals surface area contributed by atoms with Crippen LogP contribution in [0.4, 0.5) is 0 Å². The van der Waals surface area contributed by atoms with Crippen LogP contribution >= 0.6 is 11.6 Å². The fourth-order valence-electron chi connectivity index (χ4n) is 4.03. The van der Waals surface area contributed by atoms with Gasteiger partial charge in [0.1, 0.15) is 5.76 Å². The maximum absolute atomic E-state index is 13.1. The molecule has 1 atom stereocenters. The van der Waals surface area contributed by atoms with E-state index in [9.17, 15) is 14.7 Å². The number of halogens is 1. The molecule has 4 rings (SSSR count). The van der Waals surface area contributed by atoms with Crippen molar-refractivity contribution >= 4 is 29.1 Å². The van der Waals surface area contributed by atoms with Crippen LogP contribution in [0.2, 0.25) is 5.02 Å². The van der Waals surface area contributed by atoms with Crippen molar-refractivity contribution in [2.24, 2.45) is 0 Å².